The summed E-state index contributed by atoms with van der Waals surface area (Å²) in [6, 6.07) is 5.85. The molecule has 0 spiro atoms. The van der Waals surface area contributed by atoms with Crippen molar-refractivity contribution in [2.45, 2.75) is 4.90 Å². The van der Waals surface area contributed by atoms with E-state index in [1.165, 1.54) is 12.1 Å². The molecule has 24 heavy (non-hydrogen) atoms. The van der Waals surface area contributed by atoms with Crippen molar-refractivity contribution in [3.8, 4) is 0 Å². The Hall–Kier alpha value is -2.46. The third-order valence-electron chi connectivity index (χ3n) is 2.86. The molecule has 1 amide bonds. The number of carbonyl (C=O) groups is 1. The SMILES string of the molecule is O=C(CNS(=O)(=O)c1ccccc1F)Nc1ccc(F)c(F)c1F. The van der Waals surface area contributed by atoms with Gasteiger partial charge in [-0.1, -0.05) is 12.1 Å². The fourth-order valence-electron chi connectivity index (χ4n) is 1.72. The summed E-state index contributed by atoms with van der Waals surface area (Å²) in [5, 5.41) is 1.88. The Morgan fingerprint density at radius 3 is 2.25 bits per heavy atom. The highest BCUT2D eigenvalue weighted by molar-refractivity contribution is 7.89. The molecule has 2 N–H and O–H groups in total. The highest BCUT2D eigenvalue weighted by atomic mass is 32.2. The van der Waals surface area contributed by atoms with E-state index in [1.54, 1.807) is 0 Å². The molecule has 2 aromatic carbocycles. The van der Waals surface area contributed by atoms with E-state index < -0.39 is 56.3 Å². The van der Waals surface area contributed by atoms with Crippen molar-refractivity contribution in [3.05, 3.63) is 59.7 Å². The molecule has 2 rings (SSSR count). The van der Waals surface area contributed by atoms with Gasteiger partial charge in [0, 0.05) is 0 Å². The quantitative estimate of drug-likeness (QED) is 0.632. The zero-order valence-electron chi connectivity index (χ0n) is 11.8. The number of halogens is 4. The molecule has 0 aliphatic rings. The highest BCUT2D eigenvalue weighted by Gasteiger charge is 2.20. The molecule has 0 aliphatic heterocycles. The normalized spacial score (nSPS) is 11.3. The van der Waals surface area contributed by atoms with Gasteiger partial charge in [-0.2, -0.15) is 0 Å². The minimum atomic E-state index is -4.32. The summed E-state index contributed by atoms with van der Waals surface area (Å²) < 4.78 is 78.2. The zero-order valence-corrected chi connectivity index (χ0v) is 12.6. The van der Waals surface area contributed by atoms with E-state index in [9.17, 15) is 30.8 Å². The van der Waals surface area contributed by atoms with Crippen molar-refractivity contribution in [2.24, 2.45) is 0 Å². The van der Waals surface area contributed by atoms with Crippen molar-refractivity contribution < 1.29 is 30.8 Å². The Bertz CT molecular complexity index is 888. The minimum absolute atomic E-state index is 0.595. The summed E-state index contributed by atoms with van der Waals surface area (Å²) in [4.78, 5) is 10.9. The van der Waals surface area contributed by atoms with Gasteiger partial charge >= 0.3 is 0 Å². The van der Waals surface area contributed by atoms with Gasteiger partial charge in [0.25, 0.3) is 0 Å². The number of sulfonamides is 1. The van der Waals surface area contributed by atoms with E-state index in [0.717, 1.165) is 18.2 Å². The molecule has 0 unspecified atom stereocenters. The van der Waals surface area contributed by atoms with Gasteiger partial charge in [0.2, 0.25) is 15.9 Å². The van der Waals surface area contributed by atoms with E-state index in [2.05, 4.69) is 0 Å². The van der Waals surface area contributed by atoms with Gasteiger partial charge in [-0.3, -0.25) is 4.79 Å². The lowest BCUT2D eigenvalue weighted by Gasteiger charge is -2.09. The number of amides is 1. The van der Waals surface area contributed by atoms with Gasteiger partial charge in [0.05, 0.1) is 12.2 Å². The van der Waals surface area contributed by atoms with Gasteiger partial charge in [0.1, 0.15) is 10.7 Å². The Labute approximate surface area is 134 Å². The minimum Gasteiger partial charge on any atom is -0.322 e. The van der Waals surface area contributed by atoms with E-state index in [-0.39, 0.29) is 0 Å². The van der Waals surface area contributed by atoms with Gasteiger partial charge in [-0.05, 0) is 24.3 Å². The Morgan fingerprint density at radius 2 is 1.58 bits per heavy atom. The molecule has 2 aromatic rings. The standard InChI is InChI=1S/C14H10F4N2O3S/c15-8-3-1-2-4-11(8)24(22,23)19-7-12(21)20-10-6-5-9(16)13(17)14(10)18/h1-6,19H,7H2,(H,20,21). The summed E-state index contributed by atoms with van der Waals surface area (Å²) in [5.41, 5.74) is -0.663. The first-order chi connectivity index (χ1) is 11.2. The topological polar surface area (TPSA) is 75.3 Å². The summed E-state index contributed by atoms with van der Waals surface area (Å²) >= 11 is 0. The fraction of sp³-hybridized carbons (Fsp3) is 0.0714. The van der Waals surface area contributed by atoms with Crippen LogP contribution in [0.3, 0.4) is 0 Å². The van der Waals surface area contributed by atoms with Crippen LogP contribution in [0.15, 0.2) is 41.3 Å². The highest BCUT2D eigenvalue weighted by Crippen LogP contribution is 2.19. The molecule has 0 heterocycles. The second-order valence-corrected chi connectivity index (χ2v) is 6.26. The van der Waals surface area contributed by atoms with Crippen LogP contribution in [0.2, 0.25) is 0 Å². The fourth-order valence-corrected chi connectivity index (χ4v) is 2.78. The average molecular weight is 362 g/mol. The van der Waals surface area contributed by atoms with E-state index in [1.807, 2.05) is 10.0 Å². The summed E-state index contributed by atoms with van der Waals surface area (Å²) in [6.07, 6.45) is 0. The van der Waals surface area contributed by atoms with Crippen LogP contribution < -0.4 is 10.0 Å². The zero-order chi connectivity index (χ0) is 17.9. The third-order valence-corrected chi connectivity index (χ3v) is 4.29. The first-order valence-electron chi connectivity index (χ1n) is 6.40. The maximum absolute atomic E-state index is 13.4. The molecule has 128 valence electrons. The number of hydrogen-bond acceptors (Lipinski definition) is 3. The van der Waals surface area contributed by atoms with Crippen LogP contribution in [-0.2, 0) is 14.8 Å². The van der Waals surface area contributed by atoms with Crippen LogP contribution in [0.1, 0.15) is 0 Å². The number of benzene rings is 2. The molecule has 0 aliphatic carbocycles. The molecule has 10 heteroatoms. The van der Waals surface area contributed by atoms with Crippen molar-refractivity contribution in [2.75, 3.05) is 11.9 Å². The molecule has 0 aromatic heterocycles. The van der Waals surface area contributed by atoms with Crippen molar-refractivity contribution in [3.63, 3.8) is 0 Å². The van der Waals surface area contributed by atoms with Crippen LogP contribution in [0.5, 0.6) is 0 Å². The van der Waals surface area contributed by atoms with Crippen LogP contribution in [0.4, 0.5) is 23.2 Å². The largest absolute Gasteiger partial charge is 0.322 e. The van der Waals surface area contributed by atoms with Crippen LogP contribution in [-0.4, -0.2) is 20.9 Å². The Kier molecular flexibility index (Phi) is 5.20. The molecule has 0 saturated heterocycles. The number of rotatable bonds is 5. The molecule has 0 atom stereocenters. The molecule has 0 radical (unpaired) electrons. The lowest BCUT2D eigenvalue weighted by atomic mass is 10.3. The summed E-state index contributed by atoms with van der Waals surface area (Å²) in [7, 11) is -4.32. The van der Waals surface area contributed by atoms with Gasteiger partial charge in [-0.25, -0.2) is 30.7 Å². The predicted molar refractivity (Wildman–Crippen MR) is 76.5 cm³/mol. The number of nitrogens with one attached hydrogen (secondary N) is 2. The molecular formula is C14H10F4N2O3S. The number of carbonyl (C=O) groups excluding carboxylic acids is 1. The van der Waals surface area contributed by atoms with Crippen LogP contribution in [0, 0.1) is 23.3 Å². The second kappa shape index (κ2) is 6.97. The molecule has 5 nitrogen and oxygen atoms in total. The molecule has 0 saturated carbocycles. The van der Waals surface area contributed by atoms with E-state index in [4.69, 9.17) is 0 Å². The molecule has 0 bridgehead atoms. The average Bonchev–Trinajstić information content (AvgIpc) is 2.54. The maximum atomic E-state index is 13.4. The van der Waals surface area contributed by atoms with Crippen molar-refractivity contribution in [1.82, 2.24) is 4.72 Å². The summed E-state index contributed by atoms with van der Waals surface area (Å²) in [6.45, 7) is -0.866. The summed E-state index contributed by atoms with van der Waals surface area (Å²) in [5.74, 6) is -6.91. The molecular weight excluding hydrogens is 352 g/mol. The Morgan fingerprint density at radius 1 is 0.917 bits per heavy atom. The van der Waals surface area contributed by atoms with Gasteiger partial charge in [-0.15, -0.1) is 0 Å². The maximum Gasteiger partial charge on any atom is 0.243 e. The smallest absolute Gasteiger partial charge is 0.243 e. The van der Waals surface area contributed by atoms with Crippen molar-refractivity contribution in [1.29, 1.82) is 0 Å². The first-order valence-corrected chi connectivity index (χ1v) is 7.88. The Balaban J connectivity index is 2.06. The lowest BCUT2D eigenvalue weighted by Crippen LogP contribution is -2.33. The third kappa shape index (κ3) is 3.89. The number of hydrogen-bond donors (Lipinski definition) is 2. The first kappa shape index (κ1) is 17.9. The number of anilines is 1. The predicted octanol–water partition coefficient (Wildman–Crippen LogP) is 2.16. The van der Waals surface area contributed by atoms with Gasteiger partial charge in [0.15, 0.2) is 17.5 Å². The van der Waals surface area contributed by atoms with Crippen molar-refractivity contribution >= 4 is 21.6 Å². The lowest BCUT2D eigenvalue weighted by molar-refractivity contribution is -0.115. The van der Waals surface area contributed by atoms with Crippen LogP contribution >= 0.6 is 0 Å². The van der Waals surface area contributed by atoms with E-state index in [0.29, 0.717) is 6.07 Å². The van der Waals surface area contributed by atoms with E-state index >= 15 is 0 Å². The second-order valence-electron chi connectivity index (χ2n) is 4.53. The monoisotopic (exact) mass is 362 g/mol. The van der Waals surface area contributed by atoms with Crippen LogP contribution in [0.25, 0.3) is 0 Å². The van der Waals surface area contributed by atoms with Gasteiger partial charge < -0.3 is 5.32 Å². The molecule has 0 fully saturated rings.